The zero-order chi connectivity index (χ0) is 14.4. The van der Waals surface area contributed by atoms with Crippen molar-refractivity contribution in [2.24, 2.45) is 0 Å². The Morgan fingerprint density at radius 3 is 2.90 bits per heavy atom. The molecular formula is C15H11N3O2S. The molecule has 4 rings (SSSR count). The van der Waals surface area contributed by atoms with E-state index >= 15 is 0 Å². The van der Waals surface area contributed by atoms with Crippen molar-refractivity contribution in [2.45, 2.75) is 6.42 Å². The van der Waals surface area contributed by atoms with Crippen LogP contribution in [0.3, 0.4) is 0 Å². The van der Waals surface area contributed by atoms with Crippen molar-refractivity contribution >= 4 is 34.1 Å². The average Bonchev–Trinajstić information content (AvgIpc) is 3.13. The molecule has 5 nitrogen and oxygen atoms in total. The number of hydrogen-bond acceptors (Lipinski definition) is 3. The number of hydrogen-bond donors (Lipinski definition) is 2. The highest BCUT2D eigenvalue weighted by molar-refractivity contribution is 7.13. The second-order valence-electron chi connectivity index (χ2n) is 4.76. The summed E-state index contributed by atoms with van der Waals surface area (Å²) < 4.78 is 1.90. The lowest BCUT2D eigenvalue weighted by atomic mass is 10.2. The van der Waals surface area contributed by atoms with Crippen LogP contribution in [0.4, 0.5) is 0 Å². The van der Waals surface area contributed by atoms with E-state index in [-0.39, 0.29) is 6.42 Å². The Labute approximate surface area is 123 Å². The molecule has 0 spiro atoms. The molecule has 0 aliphatic heterocycles. The first kappa shape index (κ1) is 12.2. The third-order valence-electron chi connectivity index (χ3n) is 3.44. The number of H-pyrrole nitrogens is 1. The van der Waals surface area contributed by atoms with Crippen molar-refractivity contribution in [3.8, 4) is 10.6 Å². The van der Waals surface area contributed by atoms with Gasteiger partial charge in [-0.2, -0.15) is 0 Å². The van der Waals surface area contributed by atoms with Crippen molar-refractivity contribution in [3.05, 3.63) is 47.5 Å². The maximum absolute atomic E-state index is 11.2. The number of carbonyl (C=O) groups is 1. The second kappa shape index (κ2) is 4.46. The van der Waals surface area contributed by atoms with E-state index < -0.39 is 5.97 Å². The van der Waals surface area contributed by atoms with E-state index in [1.165, 1.54) is 0 Å². The molecule has 0 fully saturated rings. The number of carboxylic acids is 1. The number of fused-ring (bicyclic) bond motifs is 3. The summed E-state index contributed by atoms with van der Waals surface area (Å²) in [5.41, 5.74) is 3.34. The molecule has 0 saturated heterocycles. The first-order valence-electron chi connectivity index (χ1n) is 6.48. The summed E-state index contributed by atoms with van der Waals surface area (Å²) in [5, 5.41) is 11.2. The number of aromatic amines is 1. The third-order valence-corrected chi connectivity index (χ3v) is 4.31. The number of imidazole rings is 2. The summed E-state index contributed by atoms with van der Waals surface area (Å²) in [4.78, 5) is 20.1. The summed E-state index contributed by atoms with van der Waals surface area (Å²) in [7, 11) is 0. The molecule has 0 bridgehead atoms. The predicted octanol–water partition coefficient (Wildman–Crippen LogP) is 3.17. The van der Waals surface area contributed by atoms with E-state index in [1.807, 2.05) is 46.2 Å². The molecule has 3 heterocycles. The topological polar surface area (TPSA) is 70.4 Å². The minimum Gasteiger partial charge on any atom is -0.481 e. The molecule has 2 N–H and O–H groups in total. The summed E-state index contributed by atoms with van der Waals surface area (Å²) in [6, 6.07) is 11.7. The van der Waals surface area contributed by atoms with Crippen LogP contribution < -0.4 is 0 Å². The molecule has 1 aromatic carbocycles. The van der Waals surface area contributed by atoms with Gasteiger partial charge in [-0.05, 0) is 23.6 Å². The maximum atomic E-state index is 11.2. The Morgan fingerprint density at radius 1 is 1.29 bits per heavy atom. The fraction of sp³-hybridized carbons (Fsp3) is 0.0667. The molecule has 0 aliphatic rings. The number of aliphatic carboxylic acids is 1. The lowest BCUT2D eigenvalue weighted by Gasteiger charge is -2.00. The molecule has 0 atom stereocenters. The van der Waals surface area contributed by atoms with Crippen molar-refractivity contribution in [1.29, 1.82) is 0 Å². The maximum Gasteiger partial charge on any atom is 0.309 e. The van der Waals surface area contributed by atoms with Crippen LogP contribution in [0.25, 0.3) is 27.4 Å². The fourth-order valence-corrected chi connectivity index (χ4v) is 3.34. The highest BCUT2D eigenvalue weighted by Crippen LogP contribution is 2.30. The minimum atomic E-state index is -0.861. The van der Waals surface area contributed by atoms with Crippen LogP contribution in [0.2, 0.25) is 0 Å². The van der Waals surface area contributed by atoms with Gasteiger partial charge in [0, 0.05) is 0 Å². The van der Waals surface area contributed by atoms with Crippen LogP contribution in [-0.2, 0) is 11.2 Å². The molecule has 4 aromatic rings. The smallest absolute Gasteiger partial charge is 0.309 e. The van der Waals surface area contributed by atoms with E-state index in [0.29, 0.717) is 11.5 Å². The van der Waals surface area contributed by atoms with Crippen molar-refractivity contribution in [1.82, 2.24) is 14.4 Å². The van der Waals surface area contributed by atoms with Gasteiger partial charge in [-0.25, -0.2) is 4.98 Å². The standard InChI is InChI=1S/C15H11N3O2S/c19-13(20)8-11-14(12-6-3-7-21-12)17-15-16-9-4-1-2-5-10(9)18(11)15/h1-7H,8H2,(H,16,17)(H,19,20). The number of aromatic nitrogens is 3. The summed E-state index contributed by atoms with van der Waals surface area (Å²) in [5.74, 6) is -0.185. The lowest BCUT2D eigenvalue weighted by Crippen LogP contribution is -2.04. The molecule has 6 heteroatoms. The molecule has 0 unspecified atom stereocenters. The minimum absolute atomic E-state index is 0.0593. The third kappa shape index (κ3) is 1.84. The normalized spacial score (nSPS) is 11.4. The highest BCUT2D eigenvalue weighted by Gasteiger charge is 2.20. The van der Waals surface area contributed by atoms with Gasteiger partial charge in [0.05, 0.1) is 28.0 Å². The van der Waals surface area contributed by atoms with Crippen LogP contribution in [0.5, 0.6) is 0 Å². The molecule has 104 valence electrons. The molecule has 0 aliphatic carbocycles. The Hall–Kier alpha value is -2.60. The summed E-state index contributed by atoms with van der Waals surface area (Å²) >= 11 is 1.56. The van der Waals surface area contributed by atoms with Crippen LogP contribution in [0, 0.1) is 0 Å². The Kier molecular flexibility index (Phi) is 2.58. The SMILES string of the molecule is O=C(O)Cc1c(-c2cccs2)nc2[nH]c3ccccc3n12. The quantitative estimate of drug-likeness (QED) is 0.610. The molecule has 0 radical (unpaired) electrons. The number of benzene rings is 1. The zero-order valence-corrected chi connectivity index (χ0v) is 11.7. The number of para-hydroxylation sites is 2. The van der Waals surface area contributed by atoms with Crippen LogP contribution >= 0.6 is 11.3 Å². The van der Waals surface area contributed by atoms with E-state index in [9.17, 15) is 9.90 Å². The van der Waals surface area contributed by atoms with Gasteiger partial charge in [0.25, 0.3) is 0 Å². The summed E-state index contributed by atoms with van der Waals surface area (Å²) in [6.07, 6.45) is -0.0593. The van der Waals surface area contributed by atoms with Gasteiger partial charge >= 0.3 is 5.97 Å². The molecule has 21 heavy (non-hydrogen) atoms. The predicted molar refractivity (Wildman–Crippen MR) is 81.7 cm³/mol. The van der Waals surface area contributed by atoms with Gasteiger partial charge in [-0.3, -0.25) is 9.20 Å². The van der Waals surface area contributed by atoms with E-state index in [2.05, 4.69) is 9.97 Å². The lowest BCUT2D eigenvalue weighted by molar-refractivity contribution is -0.136. The molecule has 0 saturated carbocycles. The summed E-state index contributed by atoms with van der Waals surface area (Å²) in [6.45, 7) is 0. The van der Waals surface area contributed by atoms with Crippen molar-refractivity contribution in [3.63, 3.8) is 0 Å². The first-order valence-corrected chi connectivity index (χ1v) is 7.36. The van der Waals surface area contributed by atoms with Gasteiger partial charge in [0.2, 0.25) is 5.78 Å². The van der Waals surface area contributed by atoms with Crippen LogP contribution in [0.15, 0.2) is 41.8 Å². The van der Waals surface area contributed by atoms with E-state index in [0.717, 1.165) is 21.6 Å². The van der Waals surface area contributed by atoms with Crippen LogP contribution in [0.1, 0.15) is 5.69 Å². The van der Waals surface area contributed by atoms with Gasteiger partial charge < -0.3 is 10.1 Å². The zero-order valence-electron chi connectivity index (χ0n) is 10.9. The largest absolute Gasteiger partial charge is 0.481 e. The van der Waals surface area contributed by atoms with Gasteiger partial charge in [0.15, 0.2) is 0 Å². The Balaban J connectivity index is 2.08. The molecular weight excluding hydrogens is 286 g/mol. The van der Waals surface area contributed by atoms with Crippen molar-refractivity contribution in [2.75, 3.05) is 0 Å². The van der Waals surface area contributed by atoms with E-state index in [1.54, 1.807) is 11.3 Å². The highest BCUT2D eigenvalue weighted by atomic mass is 32.1. The molecule has 0 amide bonds. The van der Waals surface area contributed by atoms with Gasteiger partial charge in [0.1, 0.15) is 5.69 Å². The second-order valence-corrected chi connectivity index (χ2v) is 5.70. The number of carboxylic acid groups (broad SMARTS) is 1. The number of nitrogens with one attached hydrogen (secondary N) is 1. The Bertz CT molecular complexity index is 950. The Morgan fingerprint density at radius 2 is 2.14 bits per heavy atom. The van der Waals surface area contributed by atoms with Crippen molar-refractivity contribution < 1.29 is 9.90 Å². The number of nitrogens with zero attached hydrogens (tertiary/aromatic N) is 2. The fourth-order valence-electron chi connectivity index (χ4n) is 2.61. The number of rotatable bonds is 3. The first-order chi connectivity index (χ1) is 10.2. The molecule has 3 aromatic heterocycles. The number of thiophene rings is 1. The van der Waals surface area contributed by atoms with Crippen LogP contribution in [-0.4, -0.2) is 25.4 Å². The van der Waals surface area contributed by atoms with Gasteiger partial charge in [-0.15, -0.1) is 11.3 Å². The van der Waals surface area contributed by atoms with E-state index in [4.69, 9.17) is 0 Å². The monoisotopic (exact) mass is 297 g/mol. The average molecular weight is 297 g/mol. The van der Waals surface area contributed by atoms with Gasteiger partial charge in [-0.1, -0.05) is 18.2 Å².